The van der Waals surface area contributed by atoms with Gasteiger partial charge in [0.25, 0.3) is 0 Å². The molecule has 1 heterocycles. The van der Waals surface area contributed by atoms with Gasteiger partial charge in [0, 0.05) is 13.2 Å². The Bertz CT molecular complexity index is 471. The van der Waals surface area contributed by atoms with E-state index in [1.807, 2.05) is 31.2 Å². The van der Waals surface area contributed by atoms with Crippen LogP contribution in [0.1, 0.15) is 6.92 Å². The van der Waals surface area contributed by atoms with Crippen LogP contribution in [-0.2, 0) is 4.74 Å². The molecule has 6 nitrogen and oxygen atoms in total. The van der Waals surface area contributed by atoms with Crippen LogP contribution < -0.4 is 20.5 Å². The summed E-state index contributed by atoms with van der Waals surface area (Å²) in [5.74, 6) is 1.91. The topological polar surface area (TPSA) is 78.1 Å². The Morgan fingerprint density at radius 2 is 2.19 bits per heavy atom. The van der Waals surface area contributed by atoms with Crippen LogP contribution >= 0.6 is 24.0 Å². The molecule has 0 amide bonds. The van der Waals surface area contributed by atoms with E-state index in [1.54, 1.807) is 7.11 Å². The fraction of sp³-hybridized carbons (Fsp3) is 0.500. The van der Waals surface area contributed by atoms with E-state index >= 15 is 0 Å². The lowest BCUT2D eigenvalue weighted by molar-refractivity contribution is 0.0971. The molecule has 0 fully saturated rings. The molecule has 2 unspecified atom stereocenters. The number of halogens is 1. The third-order valence-electron chi connectivity index (χ3n) is 2.84. The summed E-state index contributed by atoms with van der Waals surface area (Å²) in [4.78, 5) is 4.27. The minimum Gasteiger partial charge on any atom is -0.486 e. The predicted octanol–water partition coefficient (Wildman–Crippen LogP) is 1.38. The Kier molecular flexibility index (Phi) is 7.58. The summed E-state index contributed by atoms with van der Waals surface area (Å²) in [5, 5.41) is 3.05. The van der Waals surface area contributed by atoms with E-state index in [0.717, 1.165) is 11.5 Å². The molecule has 0 spiro atoms. The molecule has 0 bridgehead atoms. The second kappa shape index (κ2) is 8.93. The Morgan fingerprint density at radius 1 is 1.48 bits per heavy atom. The number of ether oxygens (including phenoxy) is 3. The van der Waals surface area contributed by atoms with E-state index in [9.17, 15) is 0 Å². The number of hydrogen-bond acceptors (Lipinski definition) is 4. The number of aliphatic imine (C=N–C) groups is 1. The van der Waals surface area contributed by atoms with Crippen molar-refractivity contribution in [3.63, 3.8) is 0 Å². The van der Waals surface area contributed by atoms with Crippen molar-refractivity contribution in [1.29, 1.82) is 0 Å². The fourth-order valence-corrected chi connectivity index (χ4v) is 1.94. The van der Waals surface area contributed by atoms with Crippen LogP contribution in [0.2, 0.25) is 0 Å². The van der Waals surface area contributed by atoms with Crippen molar-refractivity contribution in [1.82, 2.24) is 5.32 Å². The summed E-state index contributed by atoms with van der Waals surface area (Å²) in [6.45, 7) is 3.48. The van der Waals surface area contributed by atoms with Crippen LogP contribution in [0.3, 0.4) is 0 Å². The molecule has 118 valence electrons. The zero-order valence-electron chi connectivity index (χ0n) is 12.2. The molecule has 1 aliphatic rings. The van der Waals surface area contributed by atoms with Gasteiger partial charge in [0.05, 0.1) is 13.2 Å². The molecule has 3 N–H and O–H groups in total. The molecule has 0 aromatic heterocycles. The van der Waals surface area contributed by atoms with Crippen molar-refractivity contribution < 1.29 is 14.2 Å². The van der Waals surface area contributed by atoms with E-state index in [2.05, 4.69) is 10.3 Å². The van der Waals surface area contributed by atoms with Crippen molar-refractivity contribution in [3.05, 3.63) is 24.3 Å². The average Bonchev–Trinajstić information content (AvgIpc) is 2.45. The molecule has 0 saturated carbocycles. The van der Waals surface area contributed by atoms with Gasteiger partial charge >= 0.3 is 0 Å². The van der Waals surface area contributed by atoms with Crippen molar-refractivity contribution in [2.75, 3.05) is 26.9 Å². The van der Waals surface area contributed by atoms with Crippen molar-refractivity contribution in [2.24, 2.45) is 10.7 Å². The van der Waals surface area contributed by atoms with Crippen molar-refractivity contribution >= 4 is 29.9 Å². The standard InChI is InChI=1S/C14H21N3O3.HI/c1-10(8-18-2)17-14(15)16-7-11-9-19-12-5-3-4-6-13(12)20-11;/h3-6,10-11H,7-9H2,1-2H3,(H3,15,16,17);1H. The van der Waals surface area contributed by atoms with Crippen LogP contribution in [0.15, 0.2) is 29.3 Å². The molecule has 0 radical (unpaired) electrons. The third kappa shape index (κ3) is 5.58. The highest BCUT2D eigenvalue weighted by Gasteiger charge is 2.20. The van der Waals surface area contributed by atoms with Gasteiger partial charge in [-0.2, -0.15) is 0 Å². The van der Waals surface area contributed by atoms with Gasteiger partial charge in [-0.05, 0) is 19.1 Å². The quantitative estimate of drug-likeness (QED) is 0.438. The third-order valence-corrected chi connectivity index (χ3v) is 2.84. The molecule has 1 aromatic rings. The van der Waals surface area contributed by atoms with Crippen LogP contribution in [0.4, 0.5) is 0 Å². The lowest BCUT2D eigenvalue weighted by Gasteiger charge is -2.25. The maximum atomic E-state index is 5.80. The normalized spacial score (nSPS) is 18.6. The van der Waals surface area contributed by atoms with Crippen LogP contribution in [0.25, 0.3) is 0 Å². The van der Waals surface area contributed by atoms with E-state index in [4.69, 9.17) is 19.9 Å². The summed E-state index contributed by atoms with van der Waals surface area (Å²) in [7, 11) is 1.65. The number of benzene rings is 1. The van der Waals surface area contributed by atoms with E-state index < -0.39 is 0 Å². The van der Waals surface area contributed by atoms with Gasteiger partial charge < -0.3 is 25.3 Å². The van der Waals surface area contributed by atoms with Crippen LogP contribution in [0, 0.1) is 0 Å². The SMILES string of the molecule is COCC(C)NC(N)=NCC1COc2ccccc2O1.I. The first-order chi connectivity index (χ1) is 9.69. The van der Waals surface area contributed by atoms with Crippen LogP contribution in [0.5, 0.6) is 11.5 Å². The first-order valence-electron chi connectivity index (χ1n) is 6.63. The van der Waals surface area contributed by atoms with Gasteiger partial charge in [0.2, 0.25) is 0 Å². The zero-order chi connectivity index (χ0) is 14.4. The number of nitrogens with one attached hydrogen (secondary N) is 1. The first-order valence-corrected chi connectivity index (χ1v) is 6.63. The maximum absolute atomic E-state index is 5.80. The van der Waals surface area contributed by atoms with Crippen molar-refractivity contribution in [2.45, 2.75) is 19.1 Å². The molecule has 2 rings (SSSR count). The van der Waals surface area contributed by atoms with Gasteiger partial charge in [-0.25, -0.2) is 4.99 Å². The lowest BCUT2D eigenvalue weighted by Crippen LogP contribution is -2.42. The number of fused-ring (bicyclic) bond motifs is 1. The minimum atomic E-state index is -0.122. The number of nitrogens with two attached hydrogens (primary N) is 1. The molecule has 7 heteroatoms. The largest absolute Gasteiger partial charge is 0.486 e. The van der Waals surface area contributed by atoms with Gasteiger partial charge in [-0.1, -0.05) is 12.1 Å². The average molecular weight is 407 g/mol. The number of rotatable bonds is 5. The van der Waals surface area contributed by atoms with Gasteiger partial charge in [0.1, 0.15) is 6.61 Å². The summed E-state index contributed by atoms with van der Waals surface area (Å²) in [6.07, 6.45) is -0.122. The van der Waals surface area contributed by atoms with Gasteiger partial charge in [0.15, 0.2) is 23.6 Å². The first kappa shape index (κ1) is 17.8. The molecule has 1 aliphatic heterocycles. The summed E-state index contributed by atoms with van der Waals surface area (Å²) < 4.78 is 16.4. The lowest BCUT2D eigenvalue weighted by atomic mass is 10.2. The molecule has 0 aliphatic carbocycles. The smallest absolute Gasteiger partial charge is 0.189 e. The van der Waals surface area contributed by atoms with E-state index in [1.165, 1.54) is 0 Å². The molecule has 2 atom stereocenters. The summed E-state index contributed by atoms with van der Waals surface area (Å²) in [6, 6.07) is 7.72. The second-order valence-corrected chi connectivity index (χ2v) is 4.72. The molecular weight excluding hydrogens is 385 g/mol. The van der Waals surface area contributed by atoms with Gasteiger partial charge in [-0.15, -0.1) is 24.0 Å². The fourth-order valence-electron chi connectivity index (χ4n) is 1.94. The van der Waals surface area contributed by atoms with Crippen molar-refractivity contribution in [3.8, 4) is 11.5 Å². The zero-order valence-corrected chi connectivity index (χ0v) is 14.6. The molecule has 0 saturated heterocycles. The summed E-state index contributed by atoms with van der Waals surface area (Å²) >= 11 is 0. The predicted molar refractivity (Wildman–Crippen MR) is 92.7 cm³/mol. The molecule has 21 heavy (non-hydrogen) atoms. The van der Waals surface area contributed by atoms with E-state index in [0.29, 0.717) is 25.7 Å². The highest BCUT2D eigenvalue weighted by atomic mass is 127. The Hall–Kier alpha value is -1.22. The Labute approximate surface area is 142 Å². The number of methoxy groups -OCH3 is 1. The Morgan fingerprint density at radius 3 is 2.90 bits per heavy atom. The van der Waals surface area contributed by atoms with Gasteiger partial charge in [-0.3, -0.25) is 0 Å². The minimum absolute atomic E-state index is 0. The molecule has 1 aromatic carbocycles. The number of para-hydroxylation sites is 2. The summed E-state index contributed by atoms with van der Waals surface area (Å²) in [5.41, 5.74) is 5.80. The number of guanidine groups is 1. The number of hydrogen-bond donors (Lipinski definition) is 2. The highest BCUT2D eigenvalue weighted by Crippen LogP contribution is 2.30. The monoisotopic (exact) mass is 407 g/mol. The Balaban J connectivity index is 0.00000220. The second-order valence-electron chi connectivity index (χ2n) is 4.72. The molecular formula is C14H22IN3O3. The maximum Gasteiger partial charge on any atom is 0.189 e. The van der Waals surface area contributed by atoms with E-state index in [-0.39, 0.29) is 36.1 Å². The number of nitrogens with zero attached hydrogens (tertiary/aromatic N) is 1. The highest BCUT2D eigenvalue weighted by molar-refractivity contribution is 14.0. The van der Waals surface area contributed by atoms with Crippen LogP contribution in [-0.4, -0.2) is 45.0 Å².